The zero-order valence-electron chi connectivity index (χ0n) is 18.6. The van der Waals surface area contributed by atoms with Gasteiger partial charge in [-0.1, -0.05) is 54.2 Å². The number of oxazole rings is 1. The number of rotatable bonds is 8. The fourth-order valence-electron chi connectivity index (χ4n) is 3.50. The maximum atomic E-state index is 12.9. The third kappa shape index (κ3) is 5.44. The molecule has 0 aliphatic carbocycles. The Balaban J connectivity index is 1.18. The number of aromatic nitrogens is 1. The lowest BCUT2D eigenvalue weighted by Crippen LogP contribution is -2.23. The number of hydrogen-bond acceptors (Lipinski definition) is 6. The Hall–Kier alpha value is -4.30. The second-order valence-corrected chi connectivity index (χ2v) is 8.63. The van der Waals surface area contributed by atoms with Crippen molar-refractivity contribution in [2.24, 2.45) is 0 Å². The number of thioether (sulfide) groups is 1. The van der Waals surface area contributed by atoms with Crippen molar-refractivity contribution >= 4 is 40.4 Å². The minimum Gasteiger partial charge on any atom is -0.459 e. The summed E-state index contributed by atoms with van der Waals surface area (Å²) in [4.78, 5) is 29.5. The van der Waals surface area contributed by atoms with Gasteiger partial charge in [0.05, 0.1) is 6.26 Å². The molecule has 0 bridgehead atoms. The summed E-state index contributed by atoms with van der Waals surface area (Å²) in [6, 6.07) is 25.7. The summed E-state index contributed by atoms with van der Waals surface area (Å²) in [5, 5.41) is 6.31. The quantitative estimate of drug-likeness (QED) is 0.267. The molecule has 5 aromatic rings. The lowest BCUT2D eigenvalue weighted by atomic mass is 10.1. The zero-order chi connectivity index (χ0) is 24.0. The molecule has 8 heteroatoms. The van der Waals surface area contributed by atoms with Crippen LogP contribution in [0.5, 0.6) is 0 Å². The number of para-hydroxylation sites is 2. The van der Waals surface area contributed by atoms with Crippen molar-refractivity contribution in [1.29, 1.82) is 0 Å². The van der Waals surface area contributed by atoms with Crippen molar-refractivity contribution in [2.75, 3.05) is 5.32 Å². The largest absolute Gasteiger partial charge is 0.459 e. The summed E-state index contributed by atoms with van der Waals surface area (Å²) in [6.45, 7) is 0.359. The van der Waals surface area contributed by atoms with Gasteiger partial charge in [-0.2, -0.15) is 0 Å². The third-order valence-electron chi connectivity index (χ3n) is 5.30. The van der Waals surface area contributed by atoms with Crippen LogP contribution in [0.1, 0.15) is 32.0 Å². The minimum atomic E-state index is -0.316. The van der Waals surface area contributed by atoms with Gasteiger partial charge in [0, 0.05) is 23.5 Å². The molecule has 0 aliphatic heterocycles. The number of hydrogen-bond donors (Lipinski definition) is 2. The molecular weight excluding hydrogens is 462 g/mol. The molecule has 0 radical (unpaired) electrons. The normalized spacial score (nSPS) is 10.9. The van der Waals surface area contributed by atoms with Gasteiger partial charge < -0.3 is 19.5 Å². The van der Waals surface area contributed by atoms with Gasteiger partial charge in [-0.05, 0) is 53.6 Å². The van der Waals surface area contributed by atoms with Gasteiger partial charge >= 0.3 is 0 Å². The molecule has 2 aromatic heterocycles. The summed E-state index contributed by atoms with van der Waals surface area (Å²) < 4.78 is 10.9. The van der Waals surface area contributed by atoms with Crippen LogP contribution >= 0.6 is 11.8 Å². The van der Waals surface area contributed by atoms with E-state index in [-0.39, 0.29) is 17.6 Å². The zero-order valence-corrected chi connectivity index (χ0v) is 19.4. The highest BCUT2D eigenvalue weighted by Gasteiger charge is 2.13. The molecule has 2 N–H and O–H groups in total. The standard InChI is InChI=1S/C27H21N3O4S/c31-25(28-16-18-11-13-20(14-12-18)29-26(32)24-10-5-15-33-24)21-7-2-1-6-19(21)17-35-27-30-22-8-3-4-9-23(22)34-27/h1-15H,16-17H2,(H,28,31)(H,29,32). The molecule has 174 valence electrons. The van der Waals surface area contributed by atoms with Gasteiger partial charge in [0.1, 0.15) is 5.52 Å². The first-order chi connectivity index (χ1) is 17.2. The number of nitrogens with one attached hydrogen (secondary N) is 2. The molecule has 0 saturated heterocycles. The lowest BCUT2D eigenvalue weighted by Gasteiger charge is -2.10. The van der Waals surface area contributed by atoms with Crippen LogP contribution < -0.4 is 10.6 Å². The van der Waals surface area contributed by atoms with E-state index < -0.39 is 0 Å². The second kappa shape index (κ2) is 10.3. The molecule has 5 rings (SSSR count). The smallest absolute Gasteiger partial charge is 0.291 e. The molecule has 0 saturated carbocycles. The number of benzene rings is 3. The van der Waals surface area contributed by atoms with Crippen molar-refractivity contribution in [3.63, 3.8) is 0 Å². The average molecular weight is 484 g/mol. The molecule has 3 aromatic carbocycles. The van der Waals surface area contributed by atoms with Crippen molar-refractivity contribution in [1.82, 2.24) is 10.3 Å². The fraction of sp³-hybridized carbons (Fsp3) is 0.0741. The molecule has 2 amide bonds. The van der Waals surface area contributed by atoms with E-state index in [1.54, 1.807) is 24.3 Å². The number of anilines is 1. The van der Waals surface area contributed by atoms with Gasteiger partial charge in [0.15, 0.2) is 11.3 Å². The summed E-state index contributed by atoms with van der Waals surface area (Å²) in [6.07, 6.45) is 1.45. The number of amides is 2. The summed E-state index contributed by atoms with van der Waals surface area (Å²) >= 11 is 1.45. The maximum absolute atomic E-state index is 12.9. The fourth-order valence-corrected chi connectivity index (χ4v) is 4.35. The van der Waals surface area contributed by atoms with Crippen LogP contribution in [-0.4, -0.2) is 16.8 Å². The Labute approximate surface area is 205 Å². The van der Waals surface area contributed by atoms with Gasteiger partial charge in [-0.15, -0.1) is 0 Å². The van der Waals surface area contributed by atoms with Gasteiger partial charge in [-0.25, -0.2) is 4.98 Å². The molecule has 2 heterocycles. The topological polar surface area (TPSA) is 97.4 Å². The first-order valence-corrected chi connectivity index (χ1v) is 11.9. The second-order valence-electron chi connectivity index (χ2n) is 7.70. The van der Waals surface area contributed by atoms with E-state index in [0.717, 1.165) is 22.2 Å². The molecule has 0 spiro atoms. The van der Waals surface area contributed by atoms with Crippen molar-refractivity contribution in [3.8, 4) is 0 Å². The van der Waals surface area contributed by atoms with Crippen LogP contribution in [-0.2, 0) is 12.3 Å². The van der Waals surface area contributed by atoms with Crippen LogP contribution in [0.3, 0.4) is 0 Å². The predicted molar refractivity (Wildman–Crippen MR) is 134 cm³/mol. The Morgan fingerprint density at radius 2 is 1.66 bits per heavy atom. The van der Waals surface area contributed by atoms with Gasteiger partial charge in [-0.3, -0.25) is 9.59 Å². The third-order valence-corrected chi connectivity index (χ3v) is 6.17. The van der Waals surface area contributed by atoms with Gasteiger partial charge in [0.2, 0.25) is 0 Å². The highest BCUT2D eigenvalue weighted by Crippen LogP contribution is 2.27. The number of carbonyl (C=O) groups is 2. The highest BCUT2D eigenvalue weighted by atomic mass is 32.2. The van der Waals surface area contributed by atoms with E-state index in [0.29, 0.717) is 28.8 Å². The van der Waals surface area contributed by atoms with Crippen molar-refractivity contribution in [3.05, 3.63) is 114 Å². The van der Waals surface area contributed by atoms with Crippen molar-refractivity contribution in [2.45, 2.75) is 17.5 Å². The Kier molecular flexibility index (Phi) is 6.63. The Morgan fingerprint density at radius 3 is 2.46 bits per heavy atom. The maximum Gasteiger partial charge on any atom is 0.291 e. The van der Waals surface area contributed by atoms with Crippen LogP contribution in [0.2, 0.25) is 0 Å². The predicted octanol–water partition coefficient (Wildman–Crippen LogP) is 5.90. The summed E-state index contributed by atoms with van der Waals surface area (Å²) in [7, 11) is 0. The van der Waals surface area contributed by atoms with Crippen LogP contribution in [0, 0.1) is 0 Å². The van der Waals surface area contributed by atoms with Crippen LogP contribution in [0.4, 0.5) is 5.69 Å². The van der Waals surface area contributed by atoms with E-state index in [1.807, 2.05) is 60.7 Å². The molecule has 0 unspecified atom stereocenters. The molecular formula is C27H21N3O4S. The SMILES string of the molecule is O=C(Nc1ccc(CNC(=O)c2ccccc2CSc2nc3ccccc3o2)cc1)c1ccco1. The first-order valence-electron chi connectivity index (χ1n) is 10.9. The Bertz CT molecular complexity index is 1430. The van der Waals surface area contributed by atoms with E-state index >= 15 is 0 Å². The molecule has 0 aliphatic rings. The monoisotopic (exact) mass is 483 g/mol. The van der Waals surface area contributed by atoms with Crippen LogP contribution in [0.25, 0.3) is 11.1 Å². The Morgan fingerprint density at radius 1 is 0.857 bits per heavy atom. The van der Waals surface area contributed by atoms with Crippen LogP contribution in [0.15, 0.2) is 105 Å². The average Bonchev–Trinajstić information content (AvgIpc) is 3.57. The van der Waals surface area contributed by atoms with E-state index in [4.69, 9.17) is 8.83 Å². The van der Waals surface area contributed by atoms with Gasteiger partial charge in [0.25, 0.3) is 17.0 Å². The molecule has 0 atom stereocenters. The molecule has 7 nitrogen and oxygen atoms in total. The van der Waals surface area contributed by atoms with E-state index in [1.165, 1.54) is 18.0 Å². The lowest BCUT2D eigenvalue weighted by molar-refractivity contribution is 0.0949. The summed E-state index contributed by atoms with van der Waals surface area (Å²) in [5.74, 6) is 0.326. The summed E-state index contributed by atoms with van der Waals surface area (Å²) in [5.41, 5.74) is 4.61. The number of carbonyl (C=O) groups excluding carboxylic acids is 2. The molecule has 0 fully saturated rings. The van der Waals surface area contributed by atoms with Crippen molar-refractivity contribution < 1.29 is 18.4 Å². The number of furan rings is 1. The minimum absolute atomic E-state index is 0.158. The number of nitrogens with zero attached hydrogens (tertiary/aromatic N) is 1. The first kappa shape index (κ1) is 22.5. The molecule has 35 heavy (non-hydrogen) atoms. The highest BCUT2D eigenvalue weighted by molar-refractivity contribution is 7.98. The number of fused-ring (bicyclic) bond motifs is 1. The van der Waals surface area contributed by atoms with E-state index in [2.05, 4.69) is 15.6 Å². The van der Waals surface area contributed by atoms with E-state index in [9.17, 15) is 9.59 Å².